The predicted octanol–water partition coefficient (Wildman–Crippen LogP) is 3.58. The molecule has 0 unspecified atom stereocenters. The van der Waals surface area contributed by atoms with Crippen molar-refractivity contribution in [1.29, 1.82) is 5.41 Å². The number of aromatic nitrogens is 1. The fourth-order valence-corrected chi connectivity index (χ4v) is 3.82. The average Bonchev–Trinajstić information content (AvgIpc) is 2.95. The third-order valence-corrected chi connectivity index (χ3v) is 5.43. The van der Waals surface area contributed by atoms with Gasteiger partial charge in [0.05, 0.1) is 0 Å². The highest BCUT2D eigenvalue weighted by atomic mass is 32.1. The zero-order valence-corrected chi connectivity index (χ0v) is 13.5. The van der Waals surface area contributed by atoms with Gasteiger partial charge in [0.2, 0.25) is 17.8 Å². The lowest BCUT2D eigenvalue weighted by molar-refractivity contribution is -0.128. The summed E-state index contributed by atoms with van der Waals surface area (Å²) in [6, 6.07) is 4.27. The van der Waals surface area contributed by atoms with Crippen LogP contribution in [0.25, 0.3) is 11.1 Å². The summed E-state index contributed by atoms with van der Waals surface area (Å²) in [5.41, 5.74) is 0.356. The molecule has 4 nitrogen and oxygen atoms in total. The fourth-order valence-electron chi connectivity index (χ4n) is 2.75. The predicted molar refractivity (Wildman–Crippen MR) is 84.5 cm³/mol. The lowest BCUT2D eigenvalue weighted by Crippen LogP contribution is -2.46. The monoisotopic (exact) mass is 335 g/mol. The lowest BCUT2D eigenvalue weighted by atomic mass is 9.78. The van der Waals surface area contributed by atoms with Gasteiger partial charge in [-0.2, -0.15) is 13.8 Å². The number of nitrogens with one attached hydrogen (secondary N) is 1. The summed E-state index contributed by atoms with van der Waals surface area (Å²) in [6.07, 6.45) is 0.745. The molecule has 1 aliphatic rings. The first-order valence-corrected chi connectivity index (χ1v) is 7.93. The SMILES string of the molecule is CN1C(=N)C[C@](C)(c2cc(-c3ccc(F)nc3F)cs2)CC1=O. The van der Waals surface area contributed by atoms with E-state index in [1.807, 2.05) is 6.92 Å². The Hall–Kier alpha value is -2.15. The van der Waals surface area contributed by atoms with E-state index < -0.39 is 17.3 Å². The summed E-state index contributed by atoms with van der Waals surface area (Å²) >= 11 is 1.41. The van der Waals surface area contributed by atoms with Crippen LogP contribution >= 0.6 is 11.3 Å². The van der Waals surface area contributed by atoms with E-state index in [2.05, 4.69) is 4.98 Å². The van der Waals surface area contributed by atoms with Crippen LogP contribution in [0.15, 0.2) is 23.6 Å². The van der Waals surface area contributed by atoms with Gasteiger partial charge in [0.1, 0.15) is 5.84 Å². The molecule has 1 fully saturated rings. The Kier molecular flexibility index (Phi) is 3.75. The second-order valence-corrected chi connectivity index (χ2v) is 6.90. The van der Waals surface area contributed by atoms with Crippen LogP contribution in [-0.4, -0.2) is 28.7 Å². The molecule has 3 heterocycles. The van der Waals surface area contributed by atoms with Crippen LogP contribution < -0.4 is 0 Å². The van der Waals surface area contributed by atoms with E-state index in [1.54, 1.807) is 18.5 Å². The number of carbonyl (C=O) groups excluding carboxylic acids is 1. The van der Waals surface area contributed by atoms with Crippen LogP contribution in [0.5, 0.6) is 0 Å². The Labute approximate surface area is 136 Å². The van der Waals surface area contributed by atoms with Crippen LogP contribution in [0.3, 0.4) is 0 Å². The summed E-state index contributed by atoms with van der Waals surface area (Å²) in [5, 5.41) is 9.73. The Morgan fingerprint density at radius 2 is 2.09 bits per heavy atom. The topological polar surface area (TPSA) is 57.1 Å². The molecule has 0 spiro atoms. The number of rotatable bonds is 2. The van der Waals surface area contributed by atoms with Crippen molar-refractivity contribution in [3.8, 4) is 11.1 Å². The van der Waals surface area contributed by atoms with Crippen molar-refractivity contribution in [2.75, 3.05) is 7.05 Å². The van der Waals surface area contributed by atoms with Crippen LogP contribution in [0, 0.1) is 17.3 Å². The van der Waals surface area contributed by atoms with Gasteiger partial charge >= 0.3 is 0 Å². The minimum Gasteiger partial charge on any atom is -0.304 e. The first-order valence-electron chi connectivity index (χ1n) is 7.05. The molecular formula is C16H15F2N3OS. The van der Waals surface area contributed by atoms with Gasteiger partial charge in [-0.15, -0.1) is 11.3 Å². The van der Waals surface area contributed by atoms with Crippen molar-refractivity contribution in [2.24, 2.45) is 0 Å². The van der Waals surface area contributed by atoms with Gasteiger partial charge in [0.15, 0.2) is 0 Å². The van der Waals surface area contributed by atoms with E-state index >= 15 is 0 Å². The molecule has 23 heavy (non-hydrogen) atoms. The Bertz CT molecular complexity index is 784. The summed E-state index contributed by atoms with van der Waals surface area (Å²) in [4.78, 5) is 17.5. The van der Waals surface area contributed by atoms with Gasteiger partial charge < -0.3 is 4.90 Å². The maximum Gasteiger partial charge on any atom is 0.228 e. The molecule has 0 aliphatic carbocycles. The Morgan fingerprint density at radius 3 is 2.74 bits per heavy atom. The molecule has 0 saturated carbocycles. The van der Waals surface area contributed by atoms with Crippen molar-refractivity contribution in [1.82, 2.24) is 9.88 Å². The third kappa shape index (κ3) is 2.76. The maximum absolute atomic E-state index is 13.8. The van der Waals surface area contributed by atoms with Crippen LogP contribution in [0.1, 0.15) is 24.6 Å². The van der Waals surface area contributed by atoms with E-state index in [4.69, 9.17) is 5.41 Å². The van der Waals surface area contributed by atoms with Gasteiger partial charge in [0.25, 0.3) is 0 Å². The number of nitrogens with zero attached hydrogens (tertiary/aromatic N) is 2. The first-order chi connectivity index (χ1) is 10.8. The zero-order valence-electron chi connectivity index (χ0n) is 12.7. The minimum absolute atomic E-state index is 0.103. The molecule has 2 aromatic rings. The van der Waals surface area contributed by atoms with Gasteiger partial charge in [-0.3, -0.25) is 10.2 Å². The second-order valence-electron chi connectivity index (χ2n) is 5.99. The standard InChI is InChI=1S/C16H15F2N3OS/c1-16(6-13(19)21(2)14(22)7-16)11-5-9(8-23-11)10-3-4-12(17)20-15(10)18/h3-5,8,19H,6-7H2,1-2H3/t16-/m0/s1. The Balaban J connectivity index is 1.95. The average molecular weight is 335 g/mol. The molecule has 1 saturated heterocycles. The van der Waals surface area contributed by atoms with Crippen LogP contribution in [-0.2, 0) is 10.2 Å². The van der Waals surface area contributed by atoms with Crippen molar-refractivity contribution in [3.63, 3.8) is 0 Å². The number of pyridine rings is 1. The molecule has 2 aromatic heterocycles. The normalized spacial score (nSPS) is 21.8. The van der Waals surface area contributed by atoms with Crippen LogP contribution in [0.2, 0.25) is 0 Å². The number of amidine groups is 1. The minimum atomic E-state index is -0.858. The van der Waals surface area contributed by atoms with Crippen LogP contribution in [0.4, 0.5) is 8.78 Å². The summed E-state index contributed by atoms with van der Waals surface area (Å²) in [5.74, 6) is -1.55. The molecule has 0 radical (unpaired) electrons. The number of thiophene rings is 1. The van der Waals surface area contributed by atoms with Crippen molar-refractivity contribution in [3.05, 3.63) is 40.4 Å². The molecule has 1 aliphatic heterocycles. The largest absolute Gasteiger partial charge is 0.304 e. The van der Waals surface area contributed by atoms with Crippen molar-refractivity contribution < 1.29 is 13.6 Å². The zero-order chi connectivity index (χ0) is 16.8. The molecule has 1 atom stereocenters. The molecule has 1 amide bonds. The third-order valence-electron chi connectivity index (χ3n) is 4.20. The van der Waals surface area contributed by atoms with Crippen molar-refractivity contribution >= 4 is 23.1 Å². The first kappa shape index (κ1) is 15.7. The second kappa shape index (κ2) is 5.49. The lowest BCUT2D eigenvalue weighted by Gasteiger charge is -2.36. The summed E-state index contributed by atoms with van der Waals surface area (Å²) in [6.45, 7) is 1.93. The summed E-state index contributed by atoms with van der Waals surface area (Å²) < 4.78 is 26.7. The number of hydrogen-bond donors (Lipinski definition) is 1. The van der Waals surface area contributed by atoms with E-state index in [9.17, 15) is 13.6 Å². The van der Waals surface area contributed by atoms with Gasteiger partial charge in [-0.25, -0.2) is 0 Å². The van der Waals surface area contributed by atoms with Crippen molar-refractivity contribution in [2.45, 2.75) is 25.2 Å². The highest BCUT2D eigenvalue weighted by Gasteiger charge is 2.39. The number of likely N-dealkylation sites (tertiary alicyclic amines) is 1. The highest BCUT2D eigenvalue weighted by Crippen LogP contribution is 2.41. The number of hydrogen-bond acceptors (Lipinski definition) is 4. The highest BCUT2D eigenvalue weighted by molar-refractivity contribution is 7.10. The molecule has 3 rings (SSSR count). The number of piperidine rings is 1. The van der Waals surface area contributed by atoms with Gasteiger partial charge in [-0.05, 0) is 29.1 Å². The van der Waals surface area contributed by atoms with Gasteiger partial charge in [0, 0.05) is 35.7 Å². The van der Waals surface area contributed by atoms with E-state index in [1.165, 1.54) is 22.3 Å². The van der Waals surface area contributed by atoms with E-state index in [-0.39, 0.29) is 17.3 Å². The summed E-state index contributed by atoms with van der Waals surface area (Å²) in [7, 11) is 1.60. The molecule has 7 heteroatoms. The molecular weight excluding hydrogens is 320 g/mol. The number of halogens is 2. The number of amides is 1. The number of carbonyl (C=O) groups is 1. The quantitative estimate of drug-likeness (QED) is 0.853. The molecule has 0 bridgehead atoms. The Morgan fingerprint density at radius 1 is 1.35 bits per heavy atom. The smallest absolute Gasteiger partial charge is 0.228 e. The molecule has 1 N–H and O–H groups in total. The van der Waals surface area contributed by atoms with Gasteiger partial charge in [-0.1, -0.05) is 6.92 Å². The maximum atomic E-state index is 13.8. The fraction of sp³-hybridized carbons (Fsp3) is 0.312. The molecule has 120 valence electrons. The van der Waals surface area contributed by atoms with E-state index in [0.29, 0.717) is 18.4 Å². The molecule has 0 aromatic carbocycles. The van der Waals surface area contributed by atoms with E-state index in [0.717, 1.165) is 10.9 Å².